The molecule has 0 bridgehead atoms. The second-order valence-electron chi connectivity index (χ2n) is 5.51. The topological polar surface area (TPSA) is 129 Å². The van der Waals surface area contributed by atoms with Crippen molar-refractivity contribution in [3.8, 4) is 17.2 Å². The summed E-state index contributed by atoms with van der Waals surface area (Å²) in [5, 5.41) is 14.7. The summed E-state index contributed by atoms with van der Waals surface area (Å²) < 4.78 is 40.3. The van der Waals surface area contributed by atoms with E-state index in [0.29, 0.717) is 28.4 Å². The molecule has 0 radical (unpaired) electrons. The van der Waals surface area contributed by atoms with E-state index in [1.807, 2.05) is 4.83 Å². The van der Waals surface area contributed by atoms with Gasteiger partial charge in [-0.1, -0.05) is 6.07 Å². The first-order valence-electron chi connectivity index (χ1n) is 7.83. The average molecular weight is 409 g/mol. The maximum Gasteiger partial charge on any atom is 0.276 e. The predicted molar refractivity (Wildman–Crippen MR) is 102 cm³/mol. The summed E-state index contributed by atoms with van der Waals surface area (Å²) in [6.45, 7) is 1.52. The molecule has 28 heavy (non-hydrogen) atoms. The van der Waals surface area contributed by atoms with Gasteiger partial charge in [-0.3, -0.25) is 10.1 Å². The Bertz CT molecular complexity index is 1020. The number of nitro groups is 1. The molecule has 1 N–H and O–H groups in total. The first-order chi connectivity index (χ1) is 13.2. The number of hydrogen-bond donors (Lipinski definition) is 1. The standard InChI is InChI=1S/C17H19N3O7S/c1-11-5-6-13(8-14(11)20(21)22)28(23,24)19-18-10-12-7-16(26-3)17(27-4)9-15(12)25-2/h5-10,19H,1-4H3/b18-10-. The van der Waals surface area contributed by atoms with E-state index in [1.165, 1.54) is 46.6 Å². The first-order valence-corrected chi connectivity index (χ1v) is 9.31. The van der Waals surface area contributed by atoms with Crippen molar-refractivity contribution in [2.45, 2.75) is 11.8 Å². The Morgan fingerprint density at radius 2 is 1.64 bits per heavy atom. The number of rotatable bonds is 8. The van der Waals surface area contributed by atoms with Crippen LogP contribution in [-0.2, 0) is 10.0 Å². The summed E-state index contributed by atoms with van der Waals surface area (Å²) in [6.07, 6.45) is 1.22. The molecular formula is C17H19N3O7S. The Morgan fingerprint density at radius 3 is 2.21 bits per heavy atom. The molecule has 0 saturated heterocycles. The number of methoxy groups -OCH3 is 3. The molecule has 0 heterocycles. The maximum absolute atomic E-state index is 12.4. The second kappa shape index (κ2) is 8.57. The van der Waals surface area contributed by atoms with E-state index in [4.69, 9.17) is 14.2 Å². The number of nitro benzene ring substituents is 1. The Kier molecular flexibility index (Phi) is 6.41. The summed E-state index contributed by atoms with van der Waals surface area (Å²) in [5.41, 5.74) is 0.480. The summed E-state index contributed by atoms with van der Waals surface area (Å²) in [5.74, 6) is 1.22. The minimum atomic E-state index is -4.10. The monoisotopic (exact) mass is 409 g/mol. The van der Waals surface area contributed by atoms with Crippen LogP contribution in [0.1, 0.15) is 11.1 Å². The van der Waals surface area contributed by atoms with Crippen LogP contribution in [0.2, 0.25) is 0 Å². The molecule has 0 aliphatic heterocycles. The molecule has 2 rings (SSSR count). The van der Waals surface area contributed by atoms with Crippen LogP contribution in [0, 0.1) is 17.0 Å². The molecule has 0 unspecified atom stereocenters. The molecule has 0 saturated carbocycles. The Morgan fingerprint density at radius 1 is 1.04 bits per heavy atom. The van der Waals surface area contributed by atoms with Gasteiger partial charge in [0, 0.05) is 23.3 Å². The molecule has 0 spiro atoms. The van der Waals surface area contributed by atoms with E-state index in [0.717, 1.165) is 6.07 Å². The summed E-state index contributed by atoms with van der Waals surface area (Å²) in [7, 11) is 0.267. The molecule has 0 fully saturated rings. The zero-order valence-corrected chi connectivity index (χ0v) is 16.4. The normalized spacial score (nSPS) is 11.3. The van der Waals surface area contributed by atoms with Crippen molar-refractivity contribution < 1.29 is 27.6 Å². The molecule has 2 aromatic carbocycles. The first kappa shape index (κ1) is 21.0. The van der Waals surface area contributed by atoms with Crippen molar-refractivity contribution in [2.75, 3.05) is 21.3 Å². The highest BCUT2D eigenvalue weighted by atomic mass is 32.2. The van der Waals surface area contributed by atoms with Gasteiger partial charge in [-0.05, 0) is 19.1 Å². The Hall–Kier alpha value is -3.34. The number of aryl methyl sites for hydroxylation is 1. The Balaban J connectivity index is 2.31. The minimum Gasteiger partial charge on any atom is -0.496 e. The van der Waals surface area contributed by atoms with Crippen molar-refractivity contribution in [2.24, 2.45) is 5.10 Å². The van der Waals surface area contributed by atoms with Gasteiger partial charge in [-0.2, -0.15) is 13.5 Å². The van der Waals surface area contributed by atoms with Gasteiger partial charge in [0.2, 0.25) is 0 Å². The van der Waals surface area contributed by atoms with Gasteiger partial charge in [0.1, 0.15) is 5.75 Å². The lowest BCUT2D eigenvalue weighted by Gasteiger charge is -2.11. The highest BCUT2D eigenvalue weighted by Gasteiger charge is 2.19. The van der Waals surface area contributed by atoms with Crippen LogP contribution in [0.3, 0.4) is 0 Å². The number of ether oxygens (including phenoxy) is 3. The van der Waals surface area contributed by atoms with Crippen molar-refractivity contribution in [1.29, 1.82) is 0 Å². The van der Waals surface area contributed by atoms with Crippen molar-refractivity contribution >= 4 is 21.9 Å². The summed E-state index contributed by atoms with van der Waals surface area (Å²) in [4.78, 5) is 12.1. The second-order valence-corrected chi connectivity index (χ2v) is 7.17. The fraction of sp³-hybridized carbons (Fsp3) is 0.235. The summed E-state index contributed by atoms with van der Waals surface area (Å²) in [6, 6.07) is 6.72. The molecule has 0 aromatic heterocycles. The average Bonchev–Trinajstić information content (AvgIpc) is 2.67. The lowest BCUT2D eigenvalue weighted by atomic mass is 10.2. The zero-order chi connectivity index (χ0) is 20.9. The number of nitrogens with one attached hydrogen (secondary N) is 1. The van der Waals surface area contributed by atoms with Crippen LogP contribution in [0.25, 0.3) is 0 Å². The van der Waals surface area contributed by atoms with Gasteiger partial charge >= 0.3 is 0 Å². The highest BCUT2D eigenvalue weighted by Crippen LogP contribution is 2.33. The number of hydrazone groups is 1. The van der Waals surface area contributed by atoms with E-state index in [2.05, 4.69) is 5.10 Å². The quantitative estimate of drug-likeness (QED) is 0.402. The third-order valence-electron chi connectivity index (χ3n) is 3.80. The van der Waals surface area contributed by atoms with Gasteiger partial charge in [0.25, 0.3) is 15.7 Å². The van der Waals surface area contributed by atoms with Crippen LogP contribution in [0.5, 0.6) is 17.2 Å². The molecule has 0 aliphatic rings. The van der Waals surface area contributed by atoms with Crippen molar-refractivity contribution in [3.63, 3.8) is 0 Å². The SMILES string of the molecule is COc1cc(OC)c(OC)cc1/C=N\NS(=O)(=O)c1ccc(C)c([N+](=O)[O-])c1. The largest absolute Gasteiger partial charge is 0.496 e. The van der Waals surface area contributed by atoms with Gasteiger partial charge in [-0.15, -0.1) is 0 Å². The number of sulfonamides is 1. The maximum atomic E-state index is 12.4. The molecular weight excluding hydrogens is 390 g/mol. The van der Waals surface area contributed by atoms with E-state index < -0.39 is 14.9 Å². The molecule has 10 nitrogen and oxygen atoms in total. The van der Waals surface area contributed by atoms with E-state index in [1.54, 1.807) is 12.1 Å². The predicted octanol–water partition coefficient (Wildman–Crippen LogP) is 2.24. The lowest BCUT2D eigenvalue weighted by Crippen LogP contribution is -2.18. The molecule has 11 heteroatoms. The van der Waals surface area contributed by atoms with Crippen molar-refractivity contribution in [1.82, 2.24) is 4.83 Å². The zero-order valence-electron chi connectivity index (χ0n) is 15.6. The minimum absolute atomic E-state index is 0.277. The smallest absolute Gasteiger partial charge is 0.276 e. The molecule has 150 valence electrons. The van der Waals surface area contributed by atoms with Crippen LogP contribution < -0.4 is 19.0 Å². The van der Waals surface area contributed by atoms with Crippen LogP contribution in [0.15, 0.2) is 40.3 Å². The highest BCUT2D eigenvalue weighted by molar-refractivity contribution is 7.89. The van der Waals surface area contributed by atoms with Gasteiger partial charge in [0.05, 0.1) is 37.4 Å². The molecule has 0 aliphatic carbocycles. The molecule has 2 aromatic rings. The third kappa shape index (κ3) is 4.49. The number of hydrogen-bond acceptors (Lipinski definition) is 8. The van der Waals surface area contributed by atoms with E-state index >= 15 is 0 Å². The van der Waals surface area contributed by atoms with Crippen LogP contribution in [-0.4, -0.2) is 40.9 Å². The molecule has 0 amide bonds. The number of benzene rings is 2. The van der Waals surface area contributed by atoms with E-state index in [9.17, 15) is 18.5 Å². The molecule has 0 atom stereocenters. The van der Waals surface area contributed by atoms with Gasteiger partial charge in [0.15, 0.2) is 11.5 Å². The summed E-state index contributed by atoms with van der Waals surface area (Å²) >= 11 is 0. The fourth-order valence-electron chi connectivity index (χ4n) is 2.32. The Labute approximate surface area is 161 Å². The van der Waals surface area contributed by atoms with Crippen molar-refractivity contribution in [3.05, 3.63) is 51.6 Å². The lowest BCUT2D eigenvalue weighted by molar-refractivity contribution is -0.385. The van der Waals surface area contributed by atoms with Gasteiger partial charge < -0.3 is 14.2 Å². The van der Waals surface area contributed by atoms with Crippen LogP contribution >= 0.6 is 0 Å². The van der Waals surface area contributed by atoms with Gasteiger partial charge in [-0.25, -0.2) is 4.83 Å². The fourth-order valence-corrected chi connectivity index (χ4v) is 3.14. The van der Waals surface area contributed by atoms with E-state index in [-0.39, 0.29) is 10.6 Å². The van der Waals surface area contributed by atoms with Crippen LogP contribution in [0.4, 0.5) is 5.69 Å². The number of nitrogens with zero attached hydrogens (tertiary/aromatic N) is 2. The third-order valence-corrected chi connectivity index (χ3v) is 5.02.